The molecular formula is C20H18ClN3O4. The second-order valence-corrected chi connectivity index (χ2v) is 7.07. The average molecular weight is 400 g/mol. The van der Waals surface area contributed by atoms with Crippen LogP contribution < -0.4 is 5.32 Å². The Morgan fingerprint density at radius 1 is 1.25 bits per heavy atom. The second-order valence-electron chi connectivity index (χ2n) is 6.64. The zero-order valence-electron chi connectivity index (χ0n) is 15.2. The summed E-state index contributed by atoms with van der Waals surface area (Å²) in [6.07, 6.45) is 1.44. The number of halogens is 1. The van der Waals surface area contributed by atoms with Crippen molar-refractivity contribution in [3.8, 4) is 5.75 Å². The second kappa shape index (κ2) is 7.82. The van der Waals surface area contributed by atoms with Crippen molar-refractivity contribution in [2.45, 2.75) is 19.9 Å². The number of carbonyl (C=O) groups excluding carboxylic acids is 1. The van der Waals surface area contributed by atoms with Crippen LogP contribution in [-0.2, 0) is 4.79 Å². The number of nitro groups is 1. The van der Waals surface area contributed by atoms with Gasteiger partial charge in [-0.1, -0.05) is 37.6 Å². The van der Waals surface area contributed by atoms with Crippen molar-refractivity contribution in [3.63, 3.8) is 0 Å². The maximum absolute atomic E-state index is 12.4. The van der Waals surface area contributed by atoms with Crippen molar-refractivity contribution in [1.82, 2.24) is 10.3 Å². The maximum Gasteiger partial charge on any atom is 0.279 e. The van der Waals surface area contributed by atoms with E-state index in [1.807, 2.05) is 0 Å². The maximum atomic E-state index is 12.4. The average Bonchev–Trinajstić information content (AvgIpc) is 2.67. The molecule has 2 aromatic carbocycles. The van der Waals surface area contributed by atoms with Gasteiger partial charge < -0.3 is 10.4 Å². The number of nitrogens with one attached hydrogen (secondary N) is 1. The fourth-order valence-electron chi connectivity index (χ4n) is 2.91. The largest absolute Gasteiger partial charge is 0.505 e. The molecule has 3 rings (SSSR count). The van der Waals surface area contributed by atoms with Gasteiger partial charge in [-0.05, 0) is 29.8 Å². The summed E-state index contributed by atoms with van der Waals surface area (Å²) in [6.45, 7) is 3.47. The van der Waals surface area contributed by atoms with Gasteiger partial charge in [0.2, 0.25) is 5.91 Å². The minimum atomic E-state index is -0.808. The molecule has 1 aromatic heterocycles. The Kier molecular flexibility index (Phi) is 5.46. The highest BCUT2D eigenvalue weighted by Crippen LogP contribution is 2.39. The molecule has 0 fully saturated rings. The number of hydrogen-bond acceptors (Lipinski definition) is 5. The summed E-state index contributed by atoms with van der Waals surface area (Å²) in [5.41, 5.74) is 0.714. The number of phenols is 1. The zero-order valence-corrected chi connectivity index (χ0v) is 16.0. The lowest BCUT2D eigenvalue weighted by atomic mass is 9.95. The Labute approximate surface area is 166 Å². The lowest BCUT2D eigenvalue weighted by molar-refractivity contribution is -0.383. The quantitative estimate of drug-likeness (QED) is 0.489. The molecule has 1 unspecified atom stereocenters. The van der Waals surface area contributed by atoms with Gasteiger partial charge in [0.1, 0.15) is 11.3 Å². The number of amides is 1. The molecule has 8 heteroatoms. The van der Waals surface area contributed by atoms with Gasteiger partial charge >= 0.3 is 0 Å². The van der Waals surface area contributed by atoms with Crippen molar-refractivity contribution >= 4 is 34.1 Å². The fourth-order valence-corrected chi connectivity index (χ4v) is 3.03. The predicted octanol–water partition coefficient (Wildman–Crippen LogP) is 4.36. The minimum absolute atomic E-state index is 0.101. The van der Waals surface area contributed by atoms with E-state index in [1.165, 1.54) is 18.3 Å². The summed E-state index contributed by atoms with van der Waals surface area (Å²) in [7, 11) is 0. The van der Waals surface area contributed by atoms with E-state index in [0.29, 0.717) is 10.6 Å². The van der Waals surface area contributed by atoms with Crippen molar-refractivity contribution in [2.24, 2.45) is 5.92 Å². The van der Waals surface area contributed by atoms with E-state index in [0.717, 1.165) is 0 Å². The van der Waals surface area contributed by atoms with Crippen LogP contribution in [0.4, 0.5) is 5.69 Å². The first kappa shape index (κ1) is 19.6. The number of aromatic nitrogens is 1. The number of hydrogen-bond donors (Lipinski definition) is 2. The number of carbonyl (C=O) groups is 1. The lowest BCUT2D eigenvalue weighted by Gasteiger charge is -2.22. The van der Waals surface area contributed by atoms with Crippen LogP contribution in [0.1, 0.15) is 31.0 Å². The first-order valence-corrected chi connectivity index (χ1v) is 8.98. The Bertz CT molecular complexity index is 1050. The molecule has 144 valence electrons. The Morgan fingerprint density at radius 3 is 2.54 bits per heavy atom. The van der Waals surface area contributed by atoms with Crippen LogP contribution in [0.3, 0.4) is 0 Å². The SMILES string of the molecule is CC(C)C(=O)NC(c1ccc(Cl)cc1)c1cc([N+](=O)[O-])c2cccnc2c1O. The topological polar surface area (TPSA) is 105 Å². The lowest BCUT2D eigenvalue weighted by Crippen LogP contribution is -2.32. The first-order chi connectivity index (χ1) is 13.3. The molecule has 0 bridgehead atoms. The third kappa shape index (κ3) is 3.75. The molecule has 0 aliphatic carbocycles. The van der Waals surface area contributed by atoms with Gasteiger partial charge in [0.25, 0.3) is 5.69 Å². The molecule has 1 atom stereocenters. The predicted molar refractivity (Wildman–Crippen MR) is 106 cm³/mol. The van der Waals surface area contributed by atoms with Crippen LogP contribution >= 0.6 is 11.6 Å². The molecule has 0 saturated heterocycles. The summed E-state index contributed by atoms with van der Waals surface area (Å²) in [4.78, 5) is 27.6. The number of benzene rings is 2. The number of nitro benzene ring substituents is 1. The van der Waals surface area contributed by atoms with Crippen molar-refractivity contribution < 1.29 is 14.8 Å². The molecule has 2 N–H and O–H groups in total. The van der Waals surface area contributed by atoms with Gasteiger partial charge in [-0.2, -0.15) is 0 Å². The summed E-state index contributed by atoms with van der Waals surface area (Å²) in [6, 6.07) is 10.2. The summed E-state index contributed by atoms with van der Waals surface area (Å²) >= 11 is 5.96. The molecule has 1 amide bonds. The molecule has 0 radical (unpaired) electrons. The smallest absolute Gasteiger partial charge is 0.279 e. The molecular weight excluding hydrogens is 382 g/mol. The number of rotatable bonds is 5. The number of non-ortho nitro benzene ring substituents is 1. The van der Waals surface area contributed by atoms with Gasteiger partial charge in [0.15, 0.2) is 0 Å². The number of phenolic OH excluding ortho intramolecular Hbond substituents is 1. The molecule has 7 nitrogen and oxygen atoms in total. The molecule has 0 saturated carbocycles. The van der Waals surface area contributed by atoms with Crippen LogP contribution in [-0.4, -0.2) is 20.9 Å². The van der Waals surface area contributed by atoms with Gasteiger partial charge in [0.05, 0.1) is 16.4 Å². The molecule has 3 aromatic rings. The highest BCUT2D eigenvalue weighted by molar-refractivity contribution is 6.30. The highest BCUT2D eigenvalue weighted by atomic mass is 35.5. The van der Waals surface area contributed by atoms with Gasteiger partial charge in [-0.3, -0.25) is 19.9 Å². The molecule has 0 aliphatic rings. The molecule has 1 heterocycles. The van der Waals surface area contributed by atoms with Crippen LogP contribution in [0.25, 0.3) is 10.9 Å². The van der Waals surface area contributed by atoms with E-state index in [9.17, 15) is 20.0 Å². The van der Waals surface area contributed by atoms with E-state index in [1.54, 1.807) is 44.2 Å². The minimum Gasteiger partial charge on any atom is -0.505 e. The summed E-state index contributed by atoms with van der Waals surface area (Å²) < 4.78 is 0. The van der Waals surface area contributed by atoms with Gasteiger partial charge in [0, 0.05) is 28.8 Å². The summed E-state index contributed by atoms with van der Waals surface area (Å²) in [5.74, 6) is -0.793. The Balaban J connectivity index is 2.25. The standard InChI is InChI=1S/C20H18ClN3O4/c1-11(2)20(26)23-17(12-5-7-13(21)8-6-12)15-10-16(24(27)28)14-4-3-9-22-18(14)19(15)25/h3-11,17,25H,1-2H3,(H,23,26). The normalized spacial score (nSPS) is 12.1. The number of aromatic hydroxyl groups is 1. The van der Waals surface area contributed by atoms with Crippen molar-refractivity contribution in [3.05, 3.63) is 74.9 Å². The van der Waals surface area contributed by atoms with Crippen molar-refractivity contribution in [1.29, 1.82) is 0 Å². The van der Waals surface area contributed by atoms with E-state index < -0.39 is 11.0 Å². The Hall–Kier alpha value is -3.19. The first-order valence-electron chi connectivity index (χ1n) is 8.60. The Morgan fingerprint density at radius 2 is 1.93 bits per heavy atom. The van der Waals surface area contributed by atoms with E-state index in [-0.39, 0.29) is 39.7 Å². The van der Waals surface area contributed by atoms with Crippen molar-refractivity contribution in [2.75, 3.05) is 0 Å². The van der Waals surface area contributed by atoms with Crippen LogP contribution in [0.2, 0.25) is 5.02 Å². The fraction of sp³-hybridized carbons (Fsp3) is 0.200. The van der Waals surface area contributed by atoms with Crippen LogP contribution in [0.15, 0.2) is 48.7 Å². The van der Waals surface area contributed by atoms with Crippen LogP contribution in [0, 0.1) is 16.0 Å². The summed E-state index contributed by atoms with van der Waals surface area (Å²) in [5, 5.41) is 26.0. The molecule has 0 aliphatic heterocycles. The number of fused-ring (bicyclic) bond motifs is 1. The third-order valence-corrected chi connectivity index (χ3v) is 4.65. The van der Waals surface area contributed by atoms with E-state index in [2.05, 4.69) is 10.3 Å². The molecule has 28 heavy (non-hydrogen) atoms. The number of pyridine rings is 1. The monoisotopic (exact) mass is 399 g/mol. The van der Waals surface area contributed by atoms with E-state index >= 15 is 0 Å². The van der Waals surface area contributed by atoms with E-state index in [4.69, 9.17) is 11.6 Å². The molecule has 0 spiro atoms. The number of nitrogens with zero attached hydrogens (tertiary/aromatic N) is 2. The van der Waals surface area contributed by atoms with Crippen LogP contribution in [0.5, 0.6) is 5.75 Å². The van der Waals surface area contributed by atoms with Gasteiger partial charge in [-0.15, -0.1) is 0 Å². The van der Waals surface area contributed by atoms with Gasteiger partial charge in [-0.25, -0.2) is 0 Å². The zero-order chi connectivity index (χ0) is 20.4. The highest BCUT2D eigenvalue weighted by Gasteiger charge is 2.27. The third-order valence-electron chi connectivity index (χ3n) is 4.40.